The Bertz CT molecular complexity index is 6.00. The van der Waals surface area contributed by atoms with Crippen LogP contribution in [-0.4, -0.2) is 23.1 Å². The Kier molecular flexibility index (Phi) is 359. The fraction of sp³-hybridized carbons (Fsp3) is 0. The first-order chi connectivity index (χ1) is 0. The van der Waals surface area contributed by atoms with Gasteiger partial charge in [-0.2, -0.15) is 0 Å². The molecule has 0 spiro atoms. The van der Waals surface area contributed by atoms with Crippen molar-refractivity contribution in [1.82, 2.24) is 0 Å². The summed E-state index contributed by atoms with van der Waals surface area (Å²) in [7, 11) is 0. The molecule has 0 aliphatic rings. The summed E-state index contributed by atoms with van der Waals surface area (Å²) in [5.74, 6) is 0. The van der Waals surface area contributed by atoms with Gasteiger partial charge in [-0.05, 0) is 0 Å². The average molecular weight is 154 g/mol. The van der Waals surface area contributed by atoms with Crippen molar-refractivity contribution in [3.05, 3.63) is 0 Å². The molecule has 0 unspecified atom stereocenters. The molecule has 0 aromatic rings. The molecule has 0 saturated heterocycles. The van der Waals surface area contributed by atoms with Gasteiger partial charge < -0.3 is 11.0 Å². The number of hydrogen-bond donors (Lipinski definition) is 0. The van der Waals surface area contributed by atoms with Gasteiger partial charge in [-0.1, -0.05) is 0 Å². The van der Waals surface area contributed by atoms with Crippen LogP contribution in [0.3, 0.4) is 0 Å². The molecule has 0 bridgehead atoms. The Morgan fingerprint density at radius 2 is 0.750 bits per heavy atom. The standard InChI is InChI=1S/Mg.Mo.2O.2H/q;+4;2*-2;;. The SMILES string of the molecule is [MgH2].[Mo+4].[O-2].[O-2]. The molecule has 0 amide bonds. The van der Waals surface area contributed by atoms with E-state index in [4.69, 9.17) is 0 Å². The van der Waals surface area contributed by atoms with Crippen LogP contribution in [0, 0.1) is 0 Å². The van der Waals surface area contributed by atoms with Crippen LogP contribution >= 0.6 is 0 Å². The average Bonchev–Trinajstić information content (AvgIpc) is 0. The van der Waals surface area contributed by atoms with E-state index >= 15 is 0 Å². The largest absolute Gasteiger partial charge is 4.00 e. The molecular weight excluding hydrogens is 152 g/mol. The summed E-state index contributed by atoms with van der Waals surface area (Å²) in [5.41, 5.74) is 0. The fourth-order valence-corrected chi connectivity index (χ4v) is 0. The maximum Gasteiger partial charge on any atom is 4.00 e. The van der Waals surface area contributed by atoms with Gasteiger partial charge in [0.1, 0.15) is 0 Å². The van der Waals surface area contributed by atoms with Crippen LogP contribution in [-0.2, 0) is 32.0 Å². The van der Waals surface area contributed by atoms with Crippen molar-refractivity contribution in [2.75, 3.05) is 0 Å². The molecule has 0 aliphatic carbocycles. The van der Waals surface area contributed by atoms with E-state index < -0.39 is 0 Å². The monoisotopic (exact) mass is 156 g/mol. The molecule has 0 aromatic carbocycles. The van der Waals surface area contributed by atoms with Gasteiger partial charge >= 0.3 is 44.1 Å². The molecule has 2 nitrogen and oxygen atoms in total. The Labute approximate surface area is 55.0 Å². The van der Waals surface area contributed by atoms with Gasteiger partial charge in [0.25, 0.3) is 0 Å². The van der Waals surface area contributed by atoms with Crippen LogP contribution in [0.2, 0.25) is 0 Å². The molecule has 0 N–H and O–H groups in total. The van der Waals surface area contributed by atoms with Crippen molar-refractivity contribution < 1.29 is 32.0 Å². The van der Waals surface area contributed by atoms with Crippen LogP contribution in [0.1, 0.15) is 0 Å². The van der Waals surface area contributed by atoms with E-state index in [0.717, 1.165) is 0 Å². The second kappa shape index (κ2) is 26.4. The minimum absolute atomic E-state index is 0. The first kappa shape index (κ1) is 54.4. The minimum atomic E-state index is 0. The van der Waals surface area contributed by atoms with Gasteiger partial charge in [0.05, 0.1) is 0 Å². The molecule has 0 aromatic heterocycles. The van der Waals surface area contributed by atoms with E-state index in [1.165, 1.54) is 0 Å². The summed E-state index contributed by atoms with van der Waals surface area (Å²) in [6.07, 6.45) is 0. The summed E-state index contributed by atoms with van der Waals surface area (Å²) >= 11 is 0. The maximum atomic E-state index is 0. The van der Waals surface area contributed by atoms with Gasteiger partial charge in [-0.25, -0.2) is 0 Å². The van der Waals surface area contributed by atoms with Crippen molar-refractivity contribution in [2.24, 2.45) is 0 Å². The summed E-state index contributed by atoms with van der Waals surface area (Å²) < 4.78 is 0. The van der Waals surface area contributed by atoms with E-state index in [-0.39, 0.29) is 55.1 Å². The van der Waals surface area contributed by atoms with E-state index in [1.807, 2.05) is 0 Å². The molecule has 0 rings (SSSR count). The van der Waals surface area contributed by atoms with Gasteiger partial charge in [-0.3, -0.25) is 0 Å². The molecular formula is H2MgMoO2. The van der Waals surface area contributed by atoms with Gasteiger partial charge in [0, 0.05) is 0 Å². The van der Waals surface area contributed by atoms with Gasteiger partial charge in [0.2, 0.25) is 0 Å². The zero-order valence-electron chi connectivity index (χ0n) is 1.22. The van der Waals surface area contributed by atoms with Crippen LogP contribution in [0.4, 0.5) is 0 Å². The maximum absolute atomic E-state index is 0. The smallest absolute Gasteiger partial charge is 2.00 e. The van der Waals surface area contributed by atoms with Gasteiger partial charge in [-0.15, -0.1) is 0 Å². The third-order valence-corrected chi connectivity index (χ3v) is 0. The predicted octanol–water partition coefficient (Wildman–Crippen LogP) is -1.16. The molecule has 22 valence electrons. The van der Waals surface area contributed by atoms with Crippen LogP contribution in [0.15, 0.2) is 0 Å². The molecule has 4 heteroatoms. The first-order valence-electron chi connectivity index (χ1n) is 0. The fourth-order valence-electron chi connectivity index (χ4n) is 0. The zero-order valence-corrected chi connectivity index (χ0v) is 3.23. The third-order valence-electron chi connectivity index (χ3n) is 0. The quantitative estimate of drug-likeness (QED) is 0.395. The summed E-state index contributed by atoms with van der Waals surface area (Å²) in [4.78, 5) is 0. The van der Waals surface area contributed by atoms with Crippen molar-refractivity contribution in [3.63, 3.8) is 0 Å². The zero-order chi connectivity index (χ0) is 0. The van der Waals surface area contributed by atoms with E-state index in [9.17, 15) is 0 Å². The van der Waals surface area contributed by atoms with Crippen molar-refractivity contribution in [1.29, 1.82) is 0 Å². The molecule has 0 heterocycles. The Morgan fingerprint density at radius 3 is 0.750 bits per heavy atom. The van der Waals surface area contributed by atoms with Crippen molar-refractivity contribution in [3.8, 4) is 0 Å². The second-order valence-electron chi connectivity index (χ2n) is 0. The van der Waals surface area contributed by atoms with Crippen LogP contribution in [0.5, 0.6) is 0 Å². The topological polar surface area (TPSA) is 57.0 Å². The van der Waals surface area contributed by atoms with E-state index in [2.05, 4.69) is 0 Å². The Morgan fingerprint density at radius 1 is 0.750 bits per heavy atom. The van der Waals surface area contributed by atoms with Crippen LogP contribution in [0.25, 0.3) is 0 Å². The first-order valence-corrected chi connectivity index (χ1v) is 0. The van der Waals surface area contributed by atoms with Crippen molar-refractivity contribution >= 4 is 23.1 Å². The molecule has 0 aliphatic heterocycles. The summed E-state index contributed by atoms with van der Waals surface area (Å²) in [6.45, 7) is 0. The van der Waals surface area contributed by atoms with E-state index in [0.29, 0.717) is 0 Å². The third kappa shape index (κ3) is 10.1. The Hall–Kier alpha value is 1.37. The normalized spacial score (nSPS) is 0. The number of rotatable bonds is 0. The molecule has 0 fully saturated rings. The molecule has 0 saturated carbocycles. The van der Waals surface area contributed by atoms with Crippen LogP contribution < -0.4 is 0 Å². The summed E-state index contributed by atoms with van der Waals surface area (Å²) in [6, 6.07) is 0. The van der Waals surface area contributed by atoms with E-state index in [1.54, 1.807) is 0 Å². The van der Waals surface area contributed by atoms with Gasteiger partial charge in [0.15, 0.2) is 0 Å². The van der Waals surface area contributed by atoms with Crippen molar-refractivity contribution in [2.45, 2.75) is 0 Å². The molecule has 0 radical (unpaired) electrons. The number of hydrogen-bond acceptors (Lipinski definition) is 0. The predicted molar refractivity (Wildman–Crippen MR) is 9.92 cm³/mol. The molecule has 0 atom stereocenters. The molecule has 4 heavy (non-hydrogen) atoms. The Balaban J connectivity index is 0. The minimum Gasteiger partial charge on any atom is -2.00 e. The second-order valence-corrected chi connectivity index (χ2v) is 0. The summed E-state index contributed by atoms with van der Waals surface area (Å²) in [5, 5.41) is 0.